The Kier molecular flexibility index (Phi) is 4.00. The lowest BCUT2D eigenvalue weighted by Gasteiger charge is -2.09. The third-order valence-electron chi connectivity index (χ3n) is 4.12. The SMILES string of the molecule is Cn1nc(C(=O)NCc2ccc3c(c2)OCO3)c(=O)c2cc(Cl)ccc21. The molecule has 1 aliphatic heterocycles. The first-order valence-electron chi connectivity index (χ1n) is 7.86. The van der Waals surface area contributed by atoms with Gasteiger partial charge in [-0.05, 0) is 35.9 Å². The van der Waals surface area contributed by atoms with Crippen LogP contribution in [0.25, 0.3) is 10.9 Å². The minimum Gasteiger partial charge on any atom is -0.454 e. The molecule has 0 spiro atoms. The normalized spacial score (nSPS) is 12.4. The maximum Gasteiger partial charge on any atom is 0.276 e. The molecule has 2 aromatic carbocycles. The van der Waals surface area contributed by atoms with E-state index in [9.17, 15) is 9.59 Å². The van der Waals surface area contributed by atoms with Crippen molar-refractivity contribution in [1.82, 2.24) is 15.1 Å². The topological polar surface area (TPSA) is 82.5 Å². The van der Waals surface area contributed by atoms with Crippen LogP contribution in [0.5, 0.6) is 11.5 Å². The van der Waals surface area contributed by atoms with Gasteiger partial charge >= 0.3 is 0 Å². The fourth-order valence-corrected chi connectivity index (χ4v) is 2.99. The number of carbonyl (C=O) groups excluding carboxylic acids is 1. The largest absolute Gasteiger partial charge is 0.454 e. The minimum absolute atomic E-state index is 0.178. The van der Waals surface area contributed by atoms with Crippen molar-refractivity contribution in [3.63, 3.8) is 0 Å². The summed E-state index contributed by atoms with van der Waals surface area (Å²) < 4.78 is 12.1. The van der Waals surface area contributed by atoms with Gasteiger partial charge in [0.05, 0.1) is 10.9 Å². The monoisotopic (exact) mass is 371 g/mol. The van der Waals surface area contributed by atoms with Crippen molar-refractivity contribution in [1.29, 1.82) is 0 Å². The highest BCUT2D eigenvalue weighted by Crippen LogP contribution is 2.32. The number of benzene rings is 2. The lowest BCUT2D eigenvalue weighted by atomic mass is 10.2. The molecule has 1 N–H and O–H groups in total. The molecule has 3 aromatic rings. The molecule has 0 saturated heterocycles. The van der Waals surface area contributed by atoms with E-state index in [1.807, 2.05) is 6.07 Å². The predicted octanol–water partition coefficient (Wildman–Crippen LogP) is 2.25. The molecular formula is C18H14ClN3O4. The Hall–Kier alpha value is -3.06. The van der Waals surface area contributed by atoms with Crippen molar-refractivity contribution < 1.29 is 14.3 Å². The number of aryl methyl sites for hydroxylation is 1. The summed E-state index contributed by atoms with van der Waals surface area (Å²) in [7, 11) is 1.67. The molecule has 0 radical (unpaired) electrons. The number of ether oxygens (including phenoxy) is 2. The van der Waals surface area contributed by atoms with Crippen molar-refractivity contribution >= 4 is 28.4 Å². The van der Waals surface area contributed by atoms with Crippen LogP contribution in [-0.2, 0) is 13.6 Å². The van der Waals surface area contributed by atoms with E-state index >= 15 is 0 Å². The molecule has 1 amide bonds. The van der Waals surface area contributed by atoms with Crippen molar-refractivity contribution in [3.8, 4) is 11.5 Å². The summed E-state index contributed by atoms with van der Waals surface area (Å²) in [6.07, 6.45) is 0. The molecule has 132 valence electrons. The van der Waals surface area contributed by atoms with Crippen LogP contribution >= 0.6 is 11.6 Å². The molecule has 4 rings (SSSR count). The molecular weight excluding hydrogens is 358 g/mol. The molecule has 26 heavy (non-hydrogen) atoms. The maximum absolute atomic E-state index is 12.6. The summed E-state index contributed by atoms with van der Waals surface area (Å²) in [5, 5.41) is 7.59. The van der Waals surface area contributed by atoms with Crippen LogP contribution in [0.4, 0.5) is 0 Å². The first-order chi connectivity index (χ1) is 12.5. The van der Waals surface area contributed by atoms with Gasteiger partial charge in [-0.2, -0.15) is 5.10 Å². The number of nitrogens with one attached hydrogen (secondary N) is 1. The van der Waals surface area contributed by atoms with Crippen LogP contribution in [0.15, 0.2) is 41.2 Å². The first-order valence-corrected chi connectivity index (χ1v) is 8.24. The molecule has 0 saturated carbocycles. The first kappa shape index (κ1) is 16.4. The van der Waals surface area contributed by atoms with Gasteiger partial charge in [0.2, 0.25) is 12.2 Å². The number of hydrogen-bond donors (Lipinski definition) is 1. The third kappa shape index (κ3) is 2.86. The highest BCUT2D eigenvalue weighted by molar-refractivity contribution is 6.31. The number of hydrogen-bond acceptors (Lipinski definition) is 5. The lowest BCUT2D eigenvalue weighted by Crippen LogP contribution is -2.31. The van der Waals surface area contributed by atoms with E-state index in [0.29, 0.717) is 27.4 Å². The Balaban J connectivity index is 1.60. The Morgan fingerprint density at radius 2 is 2.04 bits per heavy atom. The summed E-state index contributed by atoms with van der Waals surface area (Å²) in [6.45, 7) is 0.415. The van der Waals surface area contributed by atoms with E-state index in [2.05, 4.69) is 10.4 Å². The molecule has 0 bridgehead atoms. The van der Waals surface area contributed by atoms with E-state index in [1.54, 1.807) is 31.3 Å². The number of nitrogens with zero attached hydrogens (tertiary/aromatic N) is 2. The van der Waals surface area contributed by atoms with Crippen LogP contribution in [0, 0.1) is 0 Å². The molecule has 0 fully saturated rings. The zero-order chi connectivity index (χ0) is 18.3. The summed E-state index contributed by atoms with van der Waals surface area (Å²) >= 11 is 5.97. The highest BCUT2D eigenvalue weighted by Gasteiger charge is 2.18. The average molecular weight is 372 g/mol. The maximum atomic E-state index is 12.6. The third-order valence-corrected chi connectivity index (χ3v) is 4.36. The van der Waals surface area contributed by atoms with Crippen LogP contribution in [0.1, 0.15) is 16.1 Å². The van der Waals surface area contributed by atoms with Gasteiger partial charge in [-0.15, -0.1) is 0 Å². The molecule has 1 aliphatic rings. The van der Waals surface area contributed by atoms with Gasteiger partial charge in [-0.1, -0.05) is 17.7 Å². The fourth-order valence-electron chi connectivity index (χ4n) is 2.81. The van der Waals surface area contributed by atoms with Crippen molar-refractivity contribution in [2.75, 3.05) is 6.79 Å². The van der Waals surface area contributed by atoms with E-state index in [1.165, 1.54) is 10.7 Å². The van der Waals surface area contributed by atoms with Crippen LogP contribution in [0.2, 0.25) is 5.02 Å². The number of amides is 1. The molecule has 0 aliphatic carbocycles. The van der Waals surface area contributed by atoms with Gasteiger partial charge in [0.15, 0.2) is 17.2 Å². The highest BCUT2D eigenvalue weighted by atomic mass is 35.5. The number of carbonyl (C=O) groups is 1. The smallest absolute Gasteiger partial charge is 0.276 e. The van der Waals surface area contributed by atoms with E-state index in [0.717, 1.165) is 5.56 Å². The number of aromatic nitrogens is 2. The van der Waals surface area contributed by atoms with Gasteiger partial charge in [0.1, 0.15) is 0 Å². The van der Waals surface area contributed by atoms with Crippen LogP contribution in [0.3, 0.4) is 0 Å². The van der Waals surface area contributed by atoms with Crippen molar-refractivity contribution in [3.05, 3.63) is 62.9 Å². The Morgan fingerprint density at radius 1 is 1.23 bits per heavy atom. The lowest BCUT2D eigenvalue weighted by molar-refractivity contribution is 0.0943. The average Bonchev–Trinajstić information content (AvgIpc) is 3.10. The number of fused-ring (bicyclic) bond motifs is 2. The predicted molar refractivity (Wildman–Crippen MR) is 95.7 cm³/mol. The van der Waals surface area contributed by atoms with Gasteiger partial charge in [0.25, 0.3) is 5.91 Å². The van der Waals surface area contributed by atoms with Crippen molar-refractivity contribution in [2.24, 2.45) is 7.05 Å². The van der Waals surface area contributed by atoms with Crippen LogP contribution in [-0.4, -0.2) is 22.5 Å². The molecule has 0 atom stereocenters. The van der Waals surface area contributed by atoms with E-state index in [-0.39, 0.29) is 19.0 Å². The second kappa shape index (κ2) is 6.34. The molecule has 0 unspecified atom stereocenters. The van der Waals surface area contributed by atoms with Gasteiger partial charge in [0, 0.05) is 18.6 Å². The van der Waals surface area contributed by atoms with Crippen molar-refractivity contribution in [2.45, 2.75) is 6.54 Å². The standard InChI is InChI=1S/C18H14ClN3O4/c1-22-13-4-3-11(19)7-12(13)17(23)16(21-22)18(24)20-8-10-2-5-14-15(6-10)26-9-25-14/h2-7H,8-9H2,1H3,(H,20,24). The fraction of sp³-hybridized carbons (Fsp3) is 0.167. The van der Waals surface area contributed by atoms with Crippen LogP contribution < -0.4 is 20.2 Å². The molecule has 1 aromatic heterocycles. The molecule has 7 nitrogen and oxygen atoms in total. The summed E-state index contributed by atoms with van der Waals surface area (Å²) in [4.78, 5) is 25.1. The summed E-state index contributed by atoms with van der Waals surface area (Å²) in [6, 6.07) is 10.3. The second-order valence-electron chi connectivity index (χ2n) is 5.83. The summed E-state index contributed by atoms with van der Waals surface area (Å²) in [5.41, 5.74) is 0.793. The Bertz CT molecular complexity index is 1090. The Labute approximate surface area is 153 Å². The zero-order valence-electron chi connectivity index (χ0n) is 13.8. The minimum atomic E-state index is -0.551. The zero-order valence-corrected chi connectivity index (χ0v) is 14.5. The Morgan fingerprint density at radius 3 is 2.88 bits per heavy atom. The molecule has 2 heterocycles. The van der Waals surface area contributed by atoms with E-state index < -0.39 is 11.3 Å². The number of rotatable bonds is 3. The second-order valence-corrected chi connectivity index (χ2v) is 6.27. The van der Waals surface area contributed by atoms with Gasteiger partial charge in [-0.25, -0.2) is 0 Å². The summed E-state index contributed by atoms with van der Waals surface area (Å²) in [5.74, 6) is 0.748. The number of halogens is 1. The quantitative estimate of drug-likeness (QED) is 0.763. The van der Waals surface area contributed by atoms with E-state index in [4.69, 9.17) is 21.1 Å². The van der Waals surface area contributed by atoms with Gasteiger partial charge in [-0.3, -0.25) is 14.3 Å². The molecule has 8 heteroatoms. The van der Waals surface area contributed by atoms with Gasteiger partial charge < -0.3 is 14.8 Å².